The van der Waals surface area contributed by atoms with E-state index in [0.717, 1.165) is 4.57 Å². The number of ether oxygens (including phenoxy) is 1. The van der Waals surface area contributed by atoms with Gasteiger partial charge in [-0.15, -0.1) is 0 Å². The first kappa shape index (κ1) is 11.0. The van der Waals surface area contributed by atoms with Crippen molar-refractivity contribution in [2.75, 3.05) is 5.73 Å². The van der Waals surface area contributed by atoms with Crippen LogP contribution in [0.2, 0.25) is 0 Å². The van der Waals surface area contributed by atoms with E-state index in [1.165, 1.54) is 6.33 Å². The van der Waals surface area contributed by atoms with Gasteiger partial charge < -0.3 is 20.8 Å². The molecule has 0 unspecified atom stereocenters. The molecule has 3 atom stereocenters. The molecule has 0 amide bonds. The molecule has 88 valence electrons. The monoisotopic (exact) mass is 229 g/mol. The van der Waals surface area contributed by atoms with Crippen molar-refractivity contribution in [1.29, 1.82) is 0 Å². The van der Waals surface area contributed by atoms with Gasteiger partial charge in [0, 0.05) is 6.42 Å². The zero-order chi connectivity index (χ0) is 11.7. The van der Waals surface area contributed by atoms with E-state index in [9.17, 15) is 9.90 Å². The van der Waals surface area contributed by atoms with Crippen molar-refractivity contribution >= 4 is 5.95 Å². The third kappa shape index (κ3) is 1.88. The molecule has 2 heterocycles. The first-order valence-corrected chi connectivity index (χ1v) is 4.55. The number of nitrogens with two attached hydrogens (primary N) is 1. The Morgan fingerprint density at radius 1 is 1.69 bits per heavy atom. The van der Waals surface area contributed by atoms with Crippen molar-refractivity contribution in [2.24, 2.45) is 0 Å². The lowest BCUT2D eigenvalue weighted by molar-refractivity contribution is -0.0957. The van der Waals surface area contributed by atoms with Crippen molar-refractivity contribution in [3.63, 3.8) is 0 Å². The molecular formula is C7H11N5O4. The fraction of sp³-hybridized carbons (Fsp3) is 0.571. The summed E-state index contributed by atoms with van der Waals surface area (Å²) in [5, 5.41) is 18.1. The second kappa shape index (κ2) is 4.14. The topological polar surface area (TPSA) is 136 Å². The van der Waals surface area contributed by atoms with Crippen molar-refractivity contribution in [1.82, 2.24) is 20.0 Å². The van der Waals surface area contributed by atoms with Crippen LogP contribution in [0, 0.1) is 0 Å². The molecule has 1 fully saturated rings. The zero-order valence-electron chi connectivity index (χ0n) is 8.15. The van der Waals surface area contributed by atoms with Crippen LogP contribution in [0.4, 0.5) is 5.95 Å². The number of aromatic nitrogens is 3. The summed E-state index contributed by atoms with van der Waals surface area (Å²) in [6.07, 6.45) is -1.26. The molecule has 16 heavy (non-hydrogen) atoms. The summed E-state index contributed by atoms with van der Waals surface area (Å²) in [5.41, 5.74) is 6.40. The molecule has 9 heteroatoms. The molecule has 0 saturated carbocycles. The van der Waals surface area contributed by atoms with Gasteiger partial charge in [0.1, 0.15) is 12.6 Å². The Balaban J connectivity index is 2.23. The van der Waals surface area contributed by atoms with Gasteiger partial charge in [0.05, 0.1) is 6.10 Å². The molecule has 2 rings (SSSR count). The van der Waals surface area contributed by atoms with Gasteiger partial charge in [0.2, 0.25) is 5.95 Å². The van der Waals surface area contributed by atoms with Gasteiger partial charge in [0.15, 0.2) is 6.23 Å². The number of aliphatic hydroxyl groups excluding tert-OH is 1. The van der Waals surface area contributed by atoms with Crippen LogP contribution in [0.25, 0.3) is 0 Å². The van der Waals surface area contributed by atoms with Crippen molar-refractivity contribution in [3.8, 4) is 0 Å². The Morgan fingerprint density at radius 2 is 2.44 bits per heavy atom. The predicted octanol–water partition coefficient (Wildman–Crippen LogP) is -2.19. The minimum atomic E-state index is -0.936. The van der Waals surface area contributed by atoms with E-state index >= 15 is 0 Å². The maximum atomic E-state index is 11.4. The Hall–Kier alpha value is -1.55. The third-order valence-corrected chi connectivity index (χ3v) is 2.28. The van der Waals surface area contributed by atoms with E-state index in [1.54, 1.807) is 5.48 Å². The number of hydrogen-bond donors (Lipinski definition) is 4. The molecule has 0 aliphatic carbocycles. The SMILES string of the molecule is Nc1ncn([C@H]2C[C@H](O)[C@@H](NO)O2)c(=O)n1. The third-order valence-electron chi connectivity index (χ3n) is 2.28. The number of hydrogen-bond acceptors (Lipinski definition) is 8. The van der Waals surface area contributed by atoms with E-state index in [1.807, 2.05) is 0 Å². The Labute approximate surface area is 89.5 Å². The number of nitrogens with zero attached hydrogens (tertiary/aromatic N) is 3. The molecule has 0 bridgehead atoms. The molecule has 0 spiro atoms. The lowest BCUT2D eigenvalue weighted by Gasteiger charge is -2.13. The largest absolute Gasteiger partial charge is 0.389 e. The van der Waals surface area contributed by atoms with E-state index in [2.05, 4.69) is 9.97 Å². The number of nitrogens with one attached hydrogen (secondary N) is 1. The molecule has 0 aromatic carbocycles. The molecule has 1 aromatic rings. The lowest BCUT2D eigenvalue weighted by atomic mass is 10.2. The van der Waals surface area contributed by atoms with E-state index in [0.29, 0.717) is 0 Å². The summed E-state index contributed by atoms with van der Waals surface area (Å²) in [6, 6.07) is 0. The Kier molecular flexibility index (Phi) is 2.83. The molecule has 1 aromatic heterocycles. The van der Waals surface area contributed by atoms with Crippen molar-refractivity contribution in [2.45, 2.75) is 25.0 Å². The highest BCUT2D eigenvalue weighted by Crippen LogP contribution is 2.25. The van der Waals surface area contributed by atoms with Crippen LogP contribution in [0.5, 0.6) is 0 Å². The van der Waals surface area contributed by atoms with Crippen LogP contribution in [-0.4, -0.2) is 37.2 Å². The van der Waals surface area contributed by atoms with Crippen molar-refractivity contribution in [3.05, 3.63) is 16.8 Å². The summed E-state index contributed by atoms with van der Waals surface area (Å²) < 4.78 is 6.25. The van der Waals surface area contributed by atoms with Crippen molar-refractivity contribution < 1.29 is 15.1 Å². The quantitative estimate of drug-likeness (QED) is 0.420. The highest BCUT2D eigenvalue weighted by Gasteiger charge is 2.35. The number of rotatable bonds is 2. The summed E-state index contributed by atoms with van der Waals surface area (Å²) >= 11 is 0. The van der Waals surface area contributed by atoms with Gasteiger partial charge in [-0.05, 0) is 0 Å². The average molecular weight is 229 g/mol. The van der Waals surface area contributed by atoms with Crippen LogP contribution in [0.15, 0.2) is 11.1 Å². The van der Waals surface area contributed by atoms with Crippen LogP contribution < -0.4 is 16.9 Å². The molecule has 1 aliphatic rings. The Bertz CT molecular complexity index is 435. The van der Waals surface area contributed by atoms with Gasteiger partial charge >= 0.3 is 5.69 Å². The maximum absolute atomic E-state index is 11.4. The maximum Gasteiger partial charge on any atom is 0.354 e. The second-order valence-electron chi connectivity index (χ2n) is 3.35. The average Bonchev–Trinajstić information content (AvgIpc) is 2.59. The number of anilines is 1. The minimum absolute atomic E-state index is 0.128. The fourth-order valence-electron chi connectivity index (χ4n) is 1.49. The molecule has 5 N–H and O–H groups in total. The van der Waals surface area contributed by atoms with E-state index < -0.39 is 24.2 Å². The fourth-order valence-corrected chi connectivity index (χ4v) is 1.49. The van der Waals surface area contributed by atoms with Gasteiger partial charge in [0.25, 0.3) is 0 Å². The molecule has 1 aliphatic heterocycles. The predicted molar refractivity (Wildman–Crippen MR) is 50.2 cm³/mol. The number of hydroxylamine groups is 1. The van der Waals surface area contributed by atoms with Gasteiger partial charge in [-0.1, -0.05) is 0 Å². The van der Waals surface area contributed by atoms with Gasteiger partial charge in [-0.3, -0.25) is 4.57 Å². The summed E-state index contributed by atoms with van der Waals surface area (Å²) in [7, 11) is 0. The lowest BCUT2D eigenvalue weighted by Crippen LogP contribution is -2.34. The highest BCUT2D eigenvalue weighted by molar-refractivity contribution is 5.09. The number of nitrogen functional groups attached to an aromatic ring is 1. The summed E-state index contributed by atoms with van der Waals surface area (Å²) in [5.74, 6) is -0.128. The second-order valence-corrected chi connectivity index (χ2v) is 3.35. The van der Waals surface area contributed by atoms with E-state index in [-0.39, 0.29) is 12.4 Å². The normalized spacial score (nSPS) is 29.5. The summed E-state index contributed by atoms with van der Waals surface area (Å²) in [6.45, 7) is 0. The first-order valence-electron chi connectivity index (χ1n) is 4.55. The molecule has 9 nitrogen and oxygen atoms in total. The zero-order valence-corrected chi connectivity index (χ0v) is 8.15. The Morgan fingerprint density at radius 3 is 3.00 bits per heavy atom. The smallest absolute Gasteiger partial charge is 0.354 e. The number of aliphatic hydroxyl groups is 1. The first-order chi connectivity index (χ1) is 7.61. The molecule has 1 saturated heterocycles. The standard InChI is InChI=1S/C7H11N5O4/c8-6-9-2-12(7(14)10-6)4-1-3(13)5(11-15)16-4/h2-5,11,13,15H,1H2,(H2,8,10,14)/t3-,4+,5-/m0/s1. The molecule has 0 radical (unpaired) electrons. The van der Waals surface area contributed by atoms with Gasteiger partial charge in [-0.2, -0.15) is 10.5 Å². The molecular weight excluding hydrogens is 218 g/mol. The van der Waals surface area contributed by atoms with Crippen LogP contribution >= 0.6 is 0 Å². The van der Waals surface area contributed by atoms with Crippen LogP contribution in [0.3, 0.4) is 0 Å². The van der Waals surface area contributed by atoms with Gasteiger partial charge in [-0.25, -0.2) is 9.78 Å². The van der Waals surface area contributed by atoms with Crippen LogP contribution in [-0.2, 0) is 4.74 Å². The highest BCUT2D eigenvalue weighted by atomic mass is 16.6. The summed E-state index contributed by atoms with van der Waals surface area (Å²) in [4.78, 5) is 18.5. The van der Waals surface area contributed by atoms with E-state index in [4.69, 9.17) is 15.7 Å². The minimum Gasteiger partial charge on any atom is -0.389 e. The van der Waals surface area contributed by atoms with Crippen LogP contribution in [0.1, 0.15) is 12.6 Å².